The van der Waals surface area contributed by atoms with Gasteiger partial charge < -0.3 is 9.45 Å². The van der Waals surface area contributed by atoms with Gasteiger partial charge in [-0.25, -0.2) is 8.42 Å². The van der Waals surface area contributed by atoms with Gasteiger partial charge >= 0.3 is 0 Å². The van der Waals surface area contributed by atoms with Gasteiger partial charge in [0.25, 0.3) is 0 Å². The van der Waals surface area contributed by atoms with Gasteiger partial charge in [0.2, 0.25) is 0 Å². The Morgan fingerprint density at radius 3 is 2.59 bits per heavy atom. The lowest BCUT2D eigenvalue weighted by molar-refractivity contribution is 0.401. The molecular weight excluding hydrogens is 238 g/mol. The second-order valence-electron chi connectivity index (χ2n) is 3.80. The quantitative estimate of drug-likeness (QED) is 0.762. The molecule has 0 saturated carbocycles. The Morgan fingerprint density at radius 1 is 1.24 bits per heavy atom. The normalized spacial score (nSPS) is 15.8. The monoisotopic (exact) mass is 250 g/mol. The van der Waals surface area contributed by atoms with E-state index in [1.165, 1.54) is 12.3 Å². The lowest BCUT2D eigenvalue weighted by Gasteiger charge is -2.24. The summed E-state index contributed by atoms with van der Waals surface area (Å²) in [6, 6.07) is 9.67. The van der Waals surface area contributed by atoms with Gasteiger partial charge in [0.15, 0.2) is 0 Å². The van der Waals surface area contributed by atoms with Crippen molar-refractivity contribution in [1.29, 1.82) is 0 Å². The van der Waals surface area contributed by atoms with Crippen molar-refractivity contribution in [2.75, 3.05) is 6.54 Å². The predicted octanol–water partition coefficient (Wildman–Crippen LogP) is 1.45. The van der Waals surface area contributed by atoms with Crippen LogP contribution in [0.5, 0.6) is 0 Å². The first-order valence-corrected chi connectivity index (χ1v) is 6.59. The topological polar surface area (TPSA) is 60.4 Å². The minimum atomic E-state index is -4.37. The highest BCUT2D eigenvalue weighted by Gasteiger charge is 2.10. The Labute approximate surface area is 101 Å². The molecule has 5 heteroatoms. The SMILES string of the molecule is O=S(=O)([O-])C1=CN(Cc2ccccc2)CC=C1. The second-order valence-corrected chi connectivity index (χ2v) is 5.18. The molecule has 1 aliphatic rings. The molecule has 0 saturated heterocycles. The smallest absolute Gasteiger partial charge is 0.125 e. The van der Waals surface area contributed by atoms with Crippen LogP contribution in [0.1, 0.15) is 5.56 Å². The maximum absolute atomic E-state index is 10.9. The molecule has 0 unspecified atom stereocenters. The molecule has 2 rings (SSSR count). The minimum Gasteiger partial charge on any atom is -0.744 e. The van der Waals surface area contributed by atoms with Gasteiger partial charge in [-0.05, 0) is 11.6 Å². The molecule has 0 bridgehead atoms. The summed E-state index contributed by atoms with van der Waals surface area (Å²) in [5.41, 5.74) is 1.07. The fourth-order valence-electron chi connectivity index (χ4n) is 1.66. The van der Waals surface area contributed by atoms with E-state index in [2.05, 4.69) is 0 Å². The van der Waals surface area contributed by atoms with Gasteiger partial charge in [0.1, 0.15) is 10.1 Å². The molecule has 0 amide bonds. The van der Waals surface area contributed by atoms with Crippen LogP contribution in [0.25, 0.3) is 0 Å². The van der Waals surface area contributed by atoms with Crippen LogP contribution >= 0.6 is 0 Å². The van der Waals surface area contributed by atoms with Crippen molar-refractivity contribution in [3.8, 4) is 0 Å². The number of rotatable bonds is 3. The number of allylic oxidation sites excluding steroid dienone is 1. The molecule has 1 heterocycles. The summed E-state index contributed by atoms with van der Waals surface area (Å²) in [6.07, 6.45) is 4.42. The molecule has 4 nitrogen and oxygen atoms in total. The van der Waals surface area contributed by atoms with Crippen molar-refractivity contribution in [2.24, 2.45) is 0 Å². The van der Waals surface area contributed by atoms with E-state index in [1.807, 2.05) is 30.3 Å². The summed E-state index contributed by atoms with van der Waals surface area (Å²) in [5, 5.41) is 0. The fourth-order valence-corrected chi connectivity index (χ4v) is 2.20. The number of hydrogen-bond donors (Lipinski definition) is 0. The predicted molar refractivity (Wildman–Crippen MR) is 63.8 cm³/mol. The van der Waals surface area contributed by atoms with Crippen molar-refractivity contribution in [3.05, 3.63) is 59.2 Å². The minimum absolute atomic E-state index is 0.181. The zero-order valence-electron chi connectivity index (χ0n) is 9.11. The van der Waals surface area contributed by atoms with Gasteiger partial charge in [-0.1, -0.05) is 36.4 Å². The zero-order valence-corrected chi connectivity index (χ0v) is 9.93. The van der Waals surface area contributed by atoms with Crippen molar-refractivity contribution in [2.45, 2.75) is 6.54 Å². The first-order valence-electron chi connectivity index (χ1n) is 5.18. The van der Waals surface area contributed by atoms with Crippen LogP contribution in [0.15, 0.2) is 53.6 Å². The van der Waals surface area contributed by atoms with Gasteiger partial charge in [-0.15, -0.1) is 0 Å². The van der Waals surface area contributed by atoms with Crippen LogP contribution in [0, 0.1) is 0 Å². The summed E-state index contributed by atoms with van der Waals surface area (Å²) in [4.78, 5) is 1.61. The lowest BCUT2D eigenvalue weighted by Crippen LogP contribution is -2.21. The van der Waals surface area contributed by atoms with E-state index in [9.17, 15) is 13.0 Å². The maximum Gasteiger partial charge on any atom is 0.125 e. The van der Waals surface area contributed by atoms with Crippen molar-refractivity contribution < 1.29 is 13.0 Å². The molecule has 0 spiro atoms. The summed E-state index contributed by atoms with van der Waals surface area (Å²) in [5.74, 6) is 0. The van der Waals surface area contributed by atoms with Crippen LogP contribution in [-0.4, -0.2) is 24.4 Å². The third-order valence-corrected chi connectivity index (χ3v) is 3.27. The summed E-state index contributed by atoms with van der Waals surface area (Å²) in [6.45, 7) is 1.19. The molecule has 0 aromatic heterocycles. The second kappa shape index (κ2) is 4.73. The molecule has 1 aromatic carbocycles. The van der Waals surface area contributed by atoms with E-state index in [4.69, 9.17) is 0 Å². The van der Waals surface area contributed by atoms with Crippen molar-refractivity contribution >= 4 is 10.1 Å². The molecular formula is C12H12NO3S-. The Bertz CT molecular complexity index is 546. The van der Waals surface area contributed by atoms with Gasteiger partial charge in [0, 0.05) is 19.3 Å². The largest absolute Gasteiger partial charge is 0.744 e. The molecule has 1 aromatic rings. The molecule has 17 heavy (non-hydrogen) atoms. The molecule has 0 radical (unpaired) electrons. The average molecular weight is 250 g/mol. The van der Waals surface area contributed by atoms with Crippen LogP contribution in [0.2, 0.25) is 0 Å². The molecule has 0 fully saturated rings. The first kappa shape index (κ1) is 11.9. The van der Waals surface area contributed by atoms with Crippen LogP contribution < -0.4 is 0 Å². The highest BCUT2D eigenvalue weighted by Crippen LogP contribution is 2.15. The van der Waals surface area contributed by atoms with E-state index < -0.39 is 10.1 Å². The third kappa shape index (κ3) is 3.18. The fraction of sp³-hybridized carbons (Fsp3) is 0.167. The Balaban J connectivity index is 2.15. The Morgan fingerprint density at radius 2 is 1.94 bits per heavy atom. The number of benzene rings is 1. The summed E-state index contributed by atoms with van der Waals surface area (Å²) in [7, 11) is -4.37. The zero-order chi connectivity index (χ0) is 12.3. The standard InChI is InChI=1S/C12H13NO3S/c14-17(15,16)12-7-4-8-13(10-12)9-11-5-2-1-3-6-11/h1-7,10H,8-9H2,(H,14,15,16)/p-1. The molecule has 0 N–H and O–H groups in total. The highest BCUT2D eigenvalue weighted by atomic mass is 32.2. The summed E-state index contributed by atoms with van der Waals surface area (Å²) < 4.78 is 32.6. The van der Waals surface area contributed by atoms with E-state index in [1.54, 1.807) is 11.0 Å². The lowest BCUT2D eigenvalue weighted by atomic mass is 10.2. The molecule has 1 aliphatic heterocycles. The van der Waals surface area contributed by atoms with Gasteiger partial charge in [0.05, 0.1) is 4.91 Å². The van der Waals surface area contributed by atoms with E-state index in [-0.39, 0.29) is 4.91 Å². The van der Waals surface area contributed by atoms with E-state index in [0.29, 0.717) is 13.1 Å². The molecule has 0 atom stereocenters. The summed E-state index contributed by atoms with van der Waals surface area (Å²) >= 11 is 0. The Kier molecular flexibility index (Phi) is 3.31. The third-order valence-electron chi connectivity index (χ3n) is 2.45. The van der Waals surface area contributed by atoms with Crippen LogP contribution in [0.3, 0.4) is 0 Å². The average Bonchev–Trinajstić information content (AvgIpc) is 2.29. The number of hydrogen-bond acceptors (Lipinski definition) is 4. The van der Waals surface area contributed by atoms with Crippen molar-refractivity contribution in [3.63, 3.8) is 0 Å². The van der Waals surface area contributed by atoms with Gasteiger partial charge in [-0.2, -0.15) is 0 Å². The maximum atomic E-state index is 10.9. The highest BCUT2D eigenvalue weighted by molar-refractivity contribution is 7.89. The van der Waals surface area contributed by atoms with Gasteiger partial charge in [-0.3, -0.25) is 0 Å². The van der Waals surface area contributed by atoms with Crippen LogP contribution in [-0.2, 0) is 16.7 Å². The number of nitrogens with zero attached hydrogens (tertiary/aromatic N) is 1. The molecule has 0 aliphatic carbocycles. The van der Waals surface area contributed by atoms with Crippen molar-refractivity contribution in [1.82, 2.24) is 4.90 Å². The Hall–Kier alpha value is -1.59. The van der Waals surface area contributed by atoms with Crippen LogP contribution in [0.4, 0.5) is 0 Å². The van der Waals surface area contributed by atoms with E-state index in [0.717, 1.165) is 5.56 Å². The van der Waals surface area contributed by atoms with E-state index >= 15 is 0 Å². The first-order chi connectivity index (χ1) is 8.05. The molecule has 90 valence electrons.